The lowest BCUT2D eigenvalue weighted by Gasteiger charge is -2.07. The van der Waals surface area contributed by atoms with E-state index in [2.05, 4.69) is 10.1 Å². The van der Waals surface area contributed by atoms with Gasteiger partial charge in [-0.05, 0) is 24.3 Å². The molecule has 0 aliphatic rings. The van der Waals surface area contributed by atoms with Crippen LogP contribution in [-0.2, 0) is 7.05 Å². The summed E-state index contributed by atoms with van der Waals surface area (Å²) in [4.78, 5) is 4.43. The SMILES string of the molecule is COc1ccc(-c2noc(-c3cccn3C)n2)c(OC)c1. The van der Waals surface area contributed by atoms with Gasteiger partial charge in [-0.2, -0.15) is 4.98 Å². The summed E-state index contributed by atoms with van der Waals surface area (Å²) in [5.74, 6) is 2.29. The van der Waals surface area contributed by atoms with E-state index < -0.39 is 0 Å². The van der Waals surface area contributed by atoms with Gasteiger partial charge in [0, 0.05) is 19.3 Å². The van der Waals surface area contributed by atoms with Crippen LogP contribution in [0.2, 0.25) is 0 Å². The molecule has 0 saturated heterocycles. The normalized spacial score (nSPS) is 10.6. The second-order valence-electron chi connectivity index (χ2n) is 4.49. The number of hydrogen-bond donors (Lipinski definition) is 0. The number of methoxy groups -OCH3 is 2. The molecule has 3 rings (SSSR count). The Morgan fingerprint density at radius 1 is 1.14 bits per heavy atom. The Bertz CT molecular complexity index is 761. The molecule has 0 spiro atoms. The molecule has 0 unspecified atom stereocenters. The molecule has 3 aromatic rings. The summed E-state index contributed by atoms with van der Waals surface area (Å²) >= 11 is 0. The zero-order valence-electron chi connectivity index (χ0n) is 12.0. The highest BCUT2D eigenvalue weighted by atomic mass is 16.5. The maximum absolute atomic E-state index is 5.36. The number of aryl methyl sites for hydroxylation is 1. The van der Waals surface area contributed by atoms with Gasteiger partial charge in [0.1, 0.15) is 17.2 Å². The van der Waals surface area contributed by atoms with Gasteiger partial charge in [-0.15, -0.1) is 0 Å². The average molecular weight is 285 g/mol. The highest BCUT2D eigenvalue weighted by Crippen LogP contribution is 2.32. The van der Waals surface area contributed by atoms with Crippen molar-refractivity contribution >= 4 is 0 Å². The summed E-state index contributed by atoms with van der Waals surface area (Å²) in [6, 6.07) is 9.30. The van der Waals surface area contributed by atoms with Crippen molar-refractivity contribution in [3.8, 4) is 34.5 Å². The molecule has 0 amide bonds. The van der Waals surface area contributed by atoms with E-state index in [1.807, 2.05) is 42.1 Å². The molecule has 2 aromatic heterocycles. The van der Waals surface area contributed by atoms with Crippen molar-refractivity contribution in [1.82, 2.24) is 14.7 Å². The van der Waals surface area contributed by atoms with Crippen LogP contribution in [0, 0.1) is 0 Å². The third-order valence-corrected chi connectivity index (χ3v) is 3.24. The minimum Gasteiger partial charge on any atom is -0.497 e. The van der Waals surface area contributed by atoms with E-state index in [-0.39, 0.29) is 0 Å². The fraction of sp³-hybridized carbons (Fsp3) is 0.200. The Morgan fingerprint density at radius 2 is 2.00 bits per heavy atom. The summed E-state index contributed by atoms with van der Waals surface area (Å²) in [5, 5.41) is 4.03. The van der Waals surface area contributed by atoms with Gasteiger partial charge >= 0.3 is 0 Å². The Hall–Kier alpha value is -2.76. The average Bonchev–Trinajstić information content (AvgIpc) is 3.15. The summed E-state index contributed by atoms with van der Waals surface area (Å²) in [5.41, 5.74) is 1.61. The smallest absolute Gasteiger partial charge is 0.274 e. The fourth-order valence-corrected chi connectivity index (χ4v) is 2.10. The van der Waals surface area contributed by atoms with Gasteiger partial charge in [-0.3, -0.25) is 0 Å². The number of ether oxygens (including phenoxy) is 2. The molecule has 2 heterocycles. The molecule has 0 saturated carbocycles. The lowest BCUT2D eigenvalue weighted by atomic mass is 10.2. The van der Waals surface area contributed by atoms with Crippen LogP contribution in [0.4, 0.5) is 0 Å². The van der Waals surface area contributed by atoms with E-state index in [1.165, 1.54) is 0 Å². The van der Waals surface area contributed by atoms with Crippen molar-refractivity contribution in [2.75, 3.05) is 14.2 Å². The van der Waals surface area contributed by atoms with Crippen LogP contribution >= 0.6 is 0 Å². The lowest BCUT2D eigenvalue weighted by molar-refractivity contribution is 0.394. The van der Waals surface area contributed by atoms with Crippen molar-refractivity contribution < 1.29 is 14.0 Å². The van der Waals surface area contributed by atoms with Gasteiger partial charge in [-0.25, -0.2) is 0 Å². The van der Waals surface area contributed by atoms with Gasteiger partial charge in [0.2, 0.25) is 5.82 Å². The number of aromatic nitrogens is 3. The molecule has 0 fully saturated rings. The van der Waals surface area contributed by atoms with E-state index in [9.17, 15) is 0 Å². The number of hydrogen-bond acceptors (Lipinski definition) is 5. The van der Waals surface area contributed by atoms with Crippen molar-refractivity contribution in [1.29, 1.82) is 0 Å². The maximum Gasteiger partial charge on any atom is 0.274 e. The number of benzene rings is 1. The van der Waals surface area contributed by atoms with Crippen LogP contribution in [0.3, 0.4) is 0 Å². The molecule has 0 aliphatic carbocycles. The van der Waals surface area contributed by atoms with E-state index in [0.717, 1.165) is 11.3 Å². The molecule has 108 valence electrons. The quantitative estimate of drug-likeness (QED) is 0.737. The first-order valence-corrected chi connectivity index (χ1v) is 6.40. The molecule has 6 heteroatoms. The van der Waals surface area contributed by atoms with Crippen LogP contribution in [0.5, 0.6) is 11.5 Å². The minimum absolute atomic E-state index is 0.468. The summed E-state index contributed by atoms with van der Waals surface area (Å²) < 4.78 is 17.8. The first-order chi connectivity index (χ1) is 10.2. The van der Waals surface area contributed by atoms with Crippen LogP contribution in [0.1, 0.15) is 0 Å². The third-order valence-electron chi connectivity index (χ3n) is 3.24. The molecule has 1 aromatic carbocycles. The summed E-state index contributed by atoms with van der Waals surface area (Å²) in [6.45, 7) is 0. The topological polar surface area (TPSA) is 62.3 Å². The first-order valence-electron chi connectivity index (χ1n) is 6.40. The molecule has 0 aliphatic heterocycles. The molecule has 0 bridgehead atoms. The van der Waals surface area contributed by atoms with Gasteiger partial charge in [-0.1, -0.05) is 5.16 Å². The molecule has 6 nitrogen and oxygen atoms in total. The van der Waals surface area contributed by atoms with Gasteiger partial charge in [0.15, 0.2) is 0 Å². The number of nitrogens with zero attached hydrogens (tertiary/aromatic N) is 3. The molecule has 0 radical (unpaired) electrons. The second kappa shape index (κ2) is 5.32. The van der Waals surface area contributed by atoms with Crippen molar-refractivity contribution in [3.63, 3.8) is 0 Å². The summed E-state index contributed by atoms with van der Waals surface area (Å²) in [7, 11) is 5.12. The van der Waals surface area contributed by atoms with Crippen LogP contribution in [-0.4, -0.2) is 28.9 Å². The van der Waals surface area contributed by atoms with E-state index >= 15 is 0 Å². The number of rotatable bonds is 4. The Kier molecular flexibility index (Phi) is 3.35. The Balaban J connectivity index is 2.02. The molecule has 0 N–H and O–H groups in total. The second-order valence-corrected chi connectivity index (χ2v) is 4.49. The molecular formula is C15H15N3O3. The maximum atomic E-state index is 5.36. The predicted octanol–water partition coefficient (Wildman–Crippen LogP) is 2.76. The molecule has 21 heavy (non-hydrogen) atoms. The van der Waals surface area contributed by atoms with E-state index in [1.54, 1.807) is 20.3 Å². The van der Waals surface area contributed by atoms with Crippen LogP contribution < -0.4 is 9.47 Å². The van der Waals surface area contributed by atoms with Crippen molar-refractivity contribution in [2.24, 2.45) is 7.05 Å². The van der Waals surface area contributed by atoms with Gasteiger partial charge < -0.3 is 18.6 Å². The zero-order chi connectivity index (χ0) is 14.8. The van der Waals surface area contributed by atoms with Crippen molar-refractivity contribution in [3.05, 3.63) is 36.5 Å². The minimum atomic E-state index is 0.468. The monoisotopic (exact) mass is 285 g/mol. The highest BCUT2D eigenvalue weighted by molar-refractivity contribution is 5.66. The van der Waals surface area contributed by atoms with Gasteiger partial charge in [0.05, 0.1) is 19.8 Å². The Labute approximate surface area is 121 Å². The Morgan fingerprint density at radius 3 is 2.67 bits per heavy atom. The summed E-state index contributed by atoms with van der Waals surface area (Å²) in [6.07, 6.45) is 1.92. The largest absolute Gasteiger partial charge is 0.497 e. The van der Waals surface area contributed by atoms with E-state index in [0.29, 0.717) is 23.2 Å². The van der Waals surface area contributed by atoms with Gasteiger partial charge in [0.25, 0.3) is 5.89 Å². The standard InChI is InChI=1S/C15H15N3O3/c1-18-8-4-5-12(18)15-16-14(17-21-15)11-7-6-10(19-2)9-13(11)20-3/h4-9H,1-3H3. The van der Waals surface area contributed by atoms with E-state index in [4.69, 9.17) is 14.0 Å². The third kappa shape index (κ3) is 2.35. The van der Waals surface area contributed by atoms with Crippen LogP contribution in [0.15, 0.2) is 41.1 Å². The first kappa shape index (κ1) is 13.2. The molecule has 0 atom stereocenters. The highest BCUT2D eigenvalue weighted by Gasteiger charge is 2.16. The van der Waals surface area contributed by atoms with Crippen LogP contribution in [0.25, 0.3) is 23.0 Å². The predicted molar refractivity (Wildman–Crippen MR) is 77.2 cm³/mol. The zero-order valence-corrected chi connectivity index (χ0v) is 12.0. The molecular weight excluding hydrogens is 270 g/mol. The fourth-order valence-electron chi connectivity index (χ4n) is 2.10. The van der Waals surface area contributed by atoms with Crippen molar-refractivity contribution in [2.45, 2.75) is 0 Å². The lowest BCUT2D eigenvalue weighted by Crippen LogP contribution is -1.92.